The molecular formula is C22H19N3O3. The number of hydrogen-bond acceptors (Lipinski definition) is 3. The molecule has 1 amide bonds. The van der Waals surface area contributed by atoms with E-state index in [1.54, 1.807) is 18.2 Å². The van der Waals surface area contributed by atoms with Gasteiger partial charge >= 0.3 is 0 Å². The summed E-state index contributed by atoms with van der Waals surface area (Å²) >= 11 is 0. The van der Waals surface area contributed by atoms with Crippen LogP contribution in [0.5, 0.6) is 0 Å². The van der Waals surface area contributed by atoms with E-state index in [2.05, 4.69) is 10.6 Å². The first kappa shape index (κ1) is 17.7. The molecule has 0 aliphatic carbocycles. The van der Waals surface area contributed by atoms with Gasteiger partial charge in [-0.3, -0.25) is 14.9 Å². The van der Waals surface area contributed by atoms with Crippen LogP contribution in [-0.4, -0.2) is 26.8 Å². The van der Waals surface area contributed by atoms with Crippen molar-refractivity contribution >= 4 is 17.7 Å². The van der Waals surface area contributed by atoms with Crippen LogP contribution in [0.15, 0.2) is 79.0 Å². The van der Waals surface area contributed by atoms with Crippen molar-refractivity contribution in [2.24, 2.45) is 0 Å². The molecule has 2 heterocycles. The zero-order valence-electron chi connectivity index (χ0n) is 15.1. The van der Waals surface area contributed by atoms with E-state index in [0.29, 0.717) is 6.54 Å². The topological polar surface area (TPSA) is 68.4 Å². The Bertz CT molecular complexity index is 1020. The maximum Gasteiger partial charge on any atom is 0.269 e. The smallest absolute Gasteiger partial charge is 0.269 e. The van der Waals surface area contributed by atoms with Crippen LogP contribution in [0.2, 0.25) is 0 Å². The number of nitro groups is 1. The summed E-state index contributed by atoms with van der Waals surface area (Å²) in [5.41, 5.74) is 2.94. The summed E-state index contributed by atoms with van der Waals surface area (Å²) in [7, 11) is 0. The van der Waals surface area contributed by atoms with Gasteiger partial charge in [0.25, 0.3) is 5.69 Å². The molecule has 0 radical (unpaired) electrons. The minimum absolute atomic E-state index is 0.0319. The minimum Gasteiger partial charge on any atom is -0.348 e. The highest BCUT2D eigenvalue weighted by Gasteiger charge is 2.30. The molecule has 140 valence electrons. The lowest BCUT2D eigenvalue weighted by atomic mass is 10.00. The summed E-state index contributed by atoms with van der Waals surface area (Å²) in [6.45, 7) is 1.37. The zero-order valence-corrected chi connectivity index (χ0v) is 15.1. The molecule has 6 nitrogen and oxygen atoms in total. The van der Waals surface area contributed by atoms with Crippen molar-refractivity contribution in [3.63, 3.8) is 0 Å². The monoisotopic (exact) mass is 373 g/mol. The quantitative estimate of drug-likeness (QED) is 0.394. The van der Waals surface area contributed by atoms with Crippen LogP contribution in [-0.2, 0) is 11.3 Å². The van der Waals surface area contributed by atoms with Gasteiger partial charge < -0.3 is 9.47 Å². The molecule has 0 fully saturated rings. The lowest BCUT2D eigenvalue weighted by Crippen LogP contribution is -2.41. The molecule has 0 spiro atoms. The molecule has 0 bridgehead atoms. The van der Waals surface area contributed by atoms with Crippen molar-refractivity contribution in [2.75, 3.05) is 6.54 Å². The molecule has 1 aromatic heterocycles. The molecular weight excluding hydrogens is 354 g/mol. The molecule has 3 aromatic rings. The largest absolute Gasteiger partial charge is 0.348 e. The van der Waals surface area contributed by atoms with Crippen molar-refractivity contribution in [1.82, 2.24) is 9.47 Å². The fourth-order valence-electron chi connectivity index (χ4n) is 3.58. The van der Waals surface area contributed by atoms with Gasteiger partial charge in [0.1, 0.15) is 0 Å². The highest BCUT2D eigenvalue weighted by Crippen LogP contribution is 2.32. The molecule has 2 aromatic carbocycles. The number of non-ortho nitro benzene ring substituents is 1. The van der Waals surface area contributed by atoms with Gasteiger partial charge in [0, 0.05) is 43.2 Å². The van der Waals surface area contributed by atoms with Crippen molar-refractivity contribution < 1.29 is 9.72 Å². The first-order valence-electron chi connectivity index (χ1n) is 9.06. The Morgan fingerprint density at radius 2 is 1.75 bits per heavy atom. The number of hydrogen-bond donors (Lipinski definition) is 0. The number of nitro benzene ring substituents is 1. The number of aromatic nitrogens is 1. The van der Waals surface area contributed by atoms with Crippen LogP contribution in [0.4, 0.5) is 5.69 Å². The molecule has 28 heavy (non-hydrogen) atoms. The van der Waals surface area contributed by atoms with Gasteiger partial charge in [0.15, 0.2) is 0 Å². The number of rotatable bonds is 4. The number of nitrogens with zero attached hydrogens (tertiary/aromatic N) is 3. The third-order valence-corrected chi connectivity index (χ3v) is 4.96. The summed E-state index contributed by atoms with van der Waals surface area (Å²) in [6.07, 6.45) is 5.28. The summed E-state index contributed by atoms with van der Waals surface area (Å²) in [6, 6.07) is 20.1. The second-order valence-electron chi connectivity index (χ2n) is 6.65. The molecule has 1 aliphatic rings. The van der Waals surface area contributed by atoms with Crippen LogP contribution in [0.1, 0.15) is 22.9 Å². The van der Waals surface area contributed by atoms with E-state index in [-0.39, 0.29) is 17.6 Å². The van der Waals surface area contributed by atoms with Crippen molar-refractivity contribution in [2.45, 2.75) is 12.6 Å². The SMILES string of the molecule is O=C(C=Cc1ccc([N+](=O)[O-])cc1)N1CCn2cccc2C1c1ccccc1. The molecule has 1 unspecified atom stereocenters. The highest BCUT2D eigenvalue weighted by atomic mass is 16.6. The molecule has 1 atom stereocenters. The first-order valence-corrected chi connectivity index (χ1v) is 9.06. The standard InChI is InChI=1S/C22H19N3O3/c26-21(13-10-17-8-11-19(12-9-17)25(27)28)24-16-15-23-14-4-7-20(23)22(24)18-5-2-1-3-6-18/h1-14,22H,15-16H2. The zero-order chi connectivity index (χ0) is 19.5. The molecule has 0 N–H and O–H groups in total. The van der Waals surface area contributed by atoms with E-state index < -0.39 is 4.92 Å². The number of benzene rings is 2. The Hall–Kier alpha value is -3.67. The fraction of sp³-hybridized carbons (Fsp3) is 0.136. The van der Waals surface area contributed by atoms with E-state index in [4.69, 9.17) is 0 Å². The summed E-state index contributed by atoms with van der Waals surface area (Å²) in [5, 5.41) is 10.8. The Morgan fingerprint density at radius 1 is 1.00 bits per heavy atom. The van der Waals surface area contributed by atoms with Crippen LogP contribution in [0.3, 0.4) is 0 Å². The average Bonchev–Trinajstić information content (AvgIpc) is 3.21. The second kappa shape index (κ2) is 7.52. The van der Waals surface area contributed by atoms with Gasteiger partial charge in [-0.15, -0.1) is 0 Å². The van der Waals surface area contributed by atoms with Crippen LogP contribution >= 0.6 is 0 Å². The van der Waals surface area contributed by atoms with Crippen LogP contribution < -0.4 is 0 Å². The van der Waals surface area contributed by atoms with Gasteiger partial charge in [-0.2, -0.15) is 0 Å². The highest BCUT2D eigenvalue weighted by molar-refractivity contribution is 5.92. The van der Waals surface area contributed by atoms with E-state index in [1.807, 2.05) is 47.5 Å². The van der Waals surface area contributed by atoms with E-state index in [9.17, 15) is 14.9 Å². The first-order chi connectivity index (χ1) is 13.6. The summed E-state index contributed by atoms with van der Waals surface area (Å²) < 4.78 is 2.18. The Labute approximate surface area is 162 Å². The van der Waals surface area contributed by atoms with E-state index >= 15 is 0 Å². The van der Waals surface area contributed by atoms with Gasteiger partial charge in [-0.1, -0.05) is 30.3 Å². The van der Waals surface area contributed by atoms with E-state index in [1.165, 1.54) is 18.2 Å². The predicted molar refractivity (Wildman–Crippen MR) is 107 cm³/mol. The lowest BCUT2D eigenvalue weighted by molar-refractivity contribution is -0.384. The van der Waals surface area contributed by atoms with Gasteiger partial charge in [0.05, 0.1) is 11.0 Å². The van der Waals surface area contributed by atoms with Gasteiger partial charge in [0.2, 0.25) is 5.91 Å². The predicted octanol–water partition coefficient (Wildman–Crippen LogP) is 4.04. The molecule has 0 saturated carbocycles. The number of carbonyl (C=O) groups excluding carboxylic acids is 1. The van der Waals surface area contributed by atoms with Crippen molar-refractivity contribution in [3.05, 3.63) is 106 Å². The summed E-state index contributed by atoms with van der Waals surface area (Å²) in [4.78, 5) is 25.2. The number of amides is 1. The maximum atomic E-state index is 13.0. The number of carbonyl (C=O) groups is 1. The lowest BCUT2D eigenvalue weighted by Gasteiger charge is -2.36. The Balaban J connectivity index is 1.59. The Morgan fingerprint density at radius 3 is 2.46 bits per heavy atom. The van der Waals surface area contributed by atoms with Crippen molar-refractivity contribution in [1.29, 1.82) is 0 Å². The normalized spacial score (nSPS) is 16.1. The van der Waals surface area contributed by atoms with E-state index in [0.717, 1.165) is 23.4 Å². The third kappa shape index (κ3) is 3.44. The second-order valence-corrected chi connectivity index (χ2v) is 6.65. The molecule has 4 rings (SSSR count). The van der Waals surface area contributed by atoms with Crippen LogP contribution in [0.25, 0.3) is 6.08 Å². The average molecular weight is 373 g/mol. The number of fused-ring (bicyclic) bond motifs is 1. The van der Waals surface area contributed by atoms with Gasteiger partial charge in [-0.05, 0) is 41.5 Å². The summed E-state index contributed by atoms with van der Waals surface area (Å²) in [5.74, 6) is -0.0837. The van der Waals surface area contributed by atoms with Crippen LogP contribution in [0, 0.1) is 10.1 Å². The van der Waals surface area contributed by atoms with Gasteiger partial charge in [-0.25, -0.2) is 0 Å². The fourth-order valence-corrected chi connectivity index (χ4v) is 3.58. The van der Waals surface area contributed by atoms with Crippen molar-refractivity contribution in [3.8, 4) is 0 Å². The third-order valence-electron chi connectivity index (χ3n) is 4.96. The molecule has 6 heteroatoms. The Kier molecular flexibility index (Phi) is 4.76. The minimum atomic E-state index is -0.439. The molecule has 0 saturated heterocycles. The molecule has 1 aliphatic heterocycles. The maximum absolute atomic E-state index is 13.0.